The molecule has 7 nitrogen and oxygen atoms in total. The number of aryl methyl sites for hydroxylation is 1. The van der Waals surface area contributed by atoms with Crippen LogP contribution in [0.4, 0.5) is 5.69 Å². The molecule has 1 aliphatic rings. The fourth-order valence-corrected chi connectivity index (χ4v) is 5.11. The van der Waals surface area contributed by atoms with Crippen molar-refractivity contribution in [2.75, 3.05) is 24.4 Å². The molecular formula is C26H35N3O4S. The second-order valence-electron chi connectivity index (χ2n) is 9.31. The molecular weight excluding hydrogens is 450 g/mol. The summed E-state index contributed by atoms with van der Waals surface area (Å²) in [7, 11) is -3.77. The highest BCUT2D eigenvalue weighted by atomic mass is 32.2. The number of nitrogens with zero attached hydrogens (tertiary/aromatic N) is 1. The first-order chi connectivity index (χ1) is 16.2. The molecule has 0 radical (unpaired) electrons. The van der Waals surface area contributed by atoms with Gasteiger partial charge in [-0.3, -0.25) is 14.3 Å². The van der Waals surface area contributed by atoms with E-state index < -0.39 is 10.0 Å². The fourth-order valence-electron chi connectivity index (χ4n) is 4.06. The topological polar surface area (TPSA) is 95.6 Å². The Morgan fingerprint density at radius 2 is 1.85 bits per heavy atom. The zero-order valence-electron chi connectivity index (χ0n) is 20.2. The van der Waals surface area contributed by atoms with Crippen LogP contribution in [-0.2, 0) is 21.2 Å². The molecule has 0 bridgehead atoms. The number of nitrogens with one attached hydrogen (secondary N) is 2. The van der Waals surface area contributed by atoms with Gasteiger partial charge in [-0.2, -0.15) is 0 Å². The molecule has 2 aromatic rings. The van der Waals surface area contributed by atoms with Crippen molar-refractivity contribution >= 4 is 27.5 Å². The van der Waals surface area contributed by atoms with Crippen molar-refractivity contribution in [1.29, 1.82) is 0 Å². The summed E-state index contributed by atoms with van der Waals surface area (Å²) in [5, 5.41) is 2.96. The number of hydrogen-bond donors (Lipinski definition) is 2. The zero-order valence-corrected chi connectivity index (χ0v) is 21.0. The monoisotopic (exact) mass is 485 g/mol. The highest BCUT2D eigenvalue weighted by Crippen LogP contribution is 2.22. The van der Waals surface area contributed by atoms with Gasteiger partial charge in [0, 0.05) is 30.9 Å². The first kappa shape index (κ1) is 25.7. The first-order valence-corrected chi connectivity index (χ1v) is 13.5. The molecule has 2 N–H and O–H groups in total. The van der Waals surface area contributed by atoms with E-state index in [0.29, 0.717) is 36.8 Å². The summed E-state index contributed by atoms with van der Waals surface area (Å²) in [5.74, 6) is -0.0797. The van der Waals surface area contributed by atoms with E-state index >= 15 is 0 Å². The average molecular weight is 486 g/mol. The quantitative estimate of drug-likeness (QED) is 0.560. The molecule has 34 heavy (non-hydrogen) atoms. The number of anilines is 1. The number of carbonyl (C=O) groups excluding carboxylic acids is 2. The number of hydrogen-bond acceptors (Lipinski definition) is 4. The molecule has 1 heterocycles. The van der Waals surface area contributed by atoms with Crippen molar-refractivity contribution in [2.45, 2.75) is 51.3 Å². The van der Waals surface area contributed by atoms with Crippen molar-refractivity contribution < 1.29 is 18.0 Å². The van der Waals surface area contributed by atoms with E-state index in [-0.39, 0.29) is 22.6 Å². The molecule has 0 saturated carbocycles. The third-order valence-corrected chi connectivity index (χ3v) is 7.30. The highest BCUT2D eigenvalue weighted by molar-refractivity contribution is 7.92. The molecule has 2 amide bonds. The number of likely N-dealkylation sites (tertiary alicyclic amines) is 1. The van der Waals surface area contributed by atoms with Crippen LogP contribution in [0.3, 0.4) is 0 Å². The minimum atomic E-state index is -3.77. The van der Waals surface area contributed by atoms with Gasteiger partial charge in [0.05, 0.1) is 10.8 Å². The van der Waals surface area contributed by atoms with Gasteiger partial charge in [0.2, 0.25) is 5.91 Å². The van der Waals surface area contributed by atoms with Gasteiger partial charge >= 0.3 is 0 Å². The molecule has 0 aliphatic carbocycles. The number of carbonyl (C=O) groups is 2. The molecule has 1 atom stereocenters. The van der Waals surface area contributed by atoms with E-state index in [2.05, 4.69) is 17.0 Å². The van der Waals surface area contributed by atoms with Crippen molar-refractivity contribution in [3.8, 4) is 0 Å². The minimum Gasteiger partial charge on any atom is -0.356 e. The number of amides is 2. The highest BCUT2D eigenvalue weighted by Gasteiger charge is 2.29. The van der Waals surface area contributed by atoms with Crippen LogP contribution in [0.25, 0.3) is 0 Å². The molecule has 2 aromatic carbocycles. The number of benzene rings is 2. The van der Waals surface area contributed by atoms with E-state index in [4.69, 9.17) is 0 Å². The van der Waals surface area contributed by atoms with Gasteiger partial charge in [-0.25, -0.2) is 8.42 Å². The van der Waals surface area contributed by atoms with Gasteiger partial charge in [-0.05, 0) is 61.1 Å². The van der Waals surface area contributed by atoms with Crippen LogP contribution in [0.5, 0.6) is 0 Å². The second kappa shape index (κ2) is 11.5. The molecule has 0 aromatic heterocycles. The molecule has 184 valence electrons. The lowest BCUT2D eigenvalue weighted by Crippen LogP contribution is -2.46. The van der Waals surface area contributed by atoms with Crippen LogP contribution in [0.15, 0.2) is 53.4 Å². The number of rotatable bonds is 9. The normalized spacial score (nSPS) is 16.4. The summed E-state index contributed by atoms with van der Waals surface area (Å²) in [6.07, 6.45) is 3.40. The van der Waals surface area contributed by atoms with Gasteiger partial charge < -0.3 is 10.2 Å². The van der Waals surface area contributed by atoms with Crippen LogP contribution in [0.1, 0.15) is 56.0 Å². The zero-order chi connectivity index (χ0) is 24.7. The molecule has 1 aliphatic heterocycles. The SMILES string of the molecule is CCCc1ccc(S(=O)(=O)Nc2cccc(C(=O)N3CCCC(C(=O)NCC(C)C)C3)c2)cc1. The summed E-state index contributed by atoms with van der Waals surface area (Å²) in [6, 6.07) is 13.3. The van der Waals surface area contributed by atoms with Gasteiger partial charge in [0.15, 0.2) is 0 Å². The number of piperidine rings is 1. The Kier molecular flexibility index (Phi) is 8.72. The number of sulfonamides is 1. The molecule has 1 fully saturated rings. The molecule has 0 spiro atoms. The lowest BCUT2D eigenvalue weighted by atomic mass is 9.96. The molecule has 8 heteroatoms. The Balaban J connectivity index is 1.68. The van der Waals surface area contributed by atoms with Crippen LogP contribution in [-0.4, -0.2) is 44.8 Å². The van der Waals surface area contributed by atoms with Crippen molar-refractivity contribution in [3.63, 3.8) is 0 Å². The predicted octanol–water partition coefficient (Wildman–Crippen LogP) is 4.06. The first-order valence-electron chi connectivity index (χ1n) is 12.0. The van der Waals surface area contributed by atoms with E-state index in [1.807, 2.05) is 26.0 Å². The summed E-state index contributed by atoms with van der Waals surface area (Å²) in [4.78, 5) is 27.5. The summed E-state index contributed by atoms with van der Waals surface area (Å²) >= 11 is 0. The largest absolute Gasteiger partial charge is 0.356 e. The molecule has 3 rings (SSSR count). The van der Waals surface area contributed by atoms with Crippen LogP contribution >= 0.6 is 0 Å². The molecule has 1 saturated heterocycles. The van der Waals surface area contributed by atoms with E-state index in [1.165, 1.54) is 0 Å². The lowest BCUT2D eigenvalue weighted by molar-refractivity contribution is -0.126. The van der Waals surface area contributed by atoms with Gasteiger partial charge in [0.1, 0.15) is 0 Å². The summed E-state index contributed by atoms with van der Waals surface area (Å²) < 4.78 is 28.2. The summed E-state index contributed by atoms with van der Waals surface area (Å²) in [6.45, 7) is 7.72. The molecule has 1 unspecified atom stereocenters. The third kappa shape index (κ3) is 6.82. The Labute approximate surface area is 203 Å². The Morgan fingerprint density at radius 3 is 2.53 bits per heavy atom. The summed E-state index contributed by atoms with van der Waals surface area (Å²) in [5.41, 5.74) is 1.81. The minimum absolute atomic E-state index is 0.0160. The maximum Gasteiger partial charge on any atom is 0.261 e. The van der Waals surface area contributed by atoms with Gasteiger partial charge in [0.25, 0.3) is 15.9 Å². The van der Waals surface area contributed by atoms with Crippen LogP contribution in [0.2, 0.25) is 0 Å². The Bertz CT molecular complexity index is 1100. The van der Waals surface area contributed by atoms with Gasteiger partial charge in [-0.1, -0.05) is 45.4 Å². The van der Waals surface area contributed by atoms with E-state index in [9.17, 15) is 18.0 Å². The maximum atomic E-state index is 13.1. The van der Waals surface area contributed by atoms with Crippen LogP contribution < -0.4 is 10.0 Å². The van der Waals surface area contributed by atoms with Gasteiger partial charge in [-0.15, -0.1) is 0 Å². The Morgan fingerprint density at radius 1 is 1.12 bits per heavy atom. The lowest BCUT2D eigenvalue weighted by Gasteiger charge is -2.32. The Hall–Kier alpha value is -2.87. The maximum absolute atomic E-state index is 13.1. The standard InChI is InChI=1S/C26H35N3O4S/c1-4-7-20-11-13-24(14-12-20)34(32,33)28-23-10-5-8-21(16-23)26(31)29-15-6-9-22(18-29)25(30)27-17-19(2)3/h5,8,10-14,16,19,22,28H,4,6-7,9,15,17-18H2,1-3H3,(H,27,30). The smallest absolute Gasteiger partial charge is 0.261 e. The van der Waals surface area contributed by atoms with Crippen molar-refractivity contribution in [3.05, 3.63) is 59.7 Å². The third-order valence-electron chi connectivity index (χ3n) is 5.90. The van der Waals surface area contributed by atoms with E-state index in [1.54, 1.807) is 41.3 Å². The van der Waals surface area contributed by atoms with E-state index in [0.717, 1.165) is 31.2 Å². The predicted molar refractivity (Wildman–Crippen MR) is 134 cm³/mol. The van der Waals surface area contributed by atoms with Crippen molar-refractivity contribution in [1.82, 2.24) is 10.2 Å². The average Bonchev–Trinajstić information content (AvgIpc) is 2.82. The fraction of sp³-hybridized carbons (Fsp3) is 0.462. The second-order valence-corrected chi connectivity index (χ2v) is 11.0. The van der Waals surface area contributed by atoms with Crippen molar-refractivity contribution in [2.24, 2.45) is 11.8 Å². The van der Waals surface area contributed by atoms with Crippen LogP contribution in [0, 0.1) is 11.8 Å².